The molecule has 1 rings (SSSR count). The van der Waals surface area contributed by atoms with Gasteiger partial charge in [0.15, 0.2) is 5.67 Å². The van der Waals surface area contributed by atoms with Gasteiger partial charge in [0.2, 0.25) is 0 Å². The van der Waals surface area contributed by atoms with Crippen LogP contribution in [0.3, 0.4) is 0 Å². The first kappa shape index (κ1) is 9.65. The number of hydrogen-bond acceptors (Lipinski definition) is 2. The van der Waals surface area contributed by atoms with E-state index in [0.29, 0.717) is 10.9 Å². The molecule has 0 saturated heterocycles. The van der Waals surface area contributed by atoms with E-state index in [1.165, 1.54) is 25.2 Å². The predicted octanol–water partition coefficient (Wildman–Crippen LogP) is 3.47. The lowest BCUT2D eigenvalue weighted by molar-refractivity contribution is 0.220. The van der Waals surface area contributed by atoms with Crippen LogP contribution >= 0.6 is 11.3 Å². The lowest BCUT2D eigenvalue weighted by Gasteiger charge is -2.08. The van der Waals surface area contributed by atoms with Gasteiger partial charge in [-0.25, -0.2) is 9.37 Å². The monoisotopic (exact) mass is 187 g/mol. The summed E-state index contributed by atoms with van der Waals surface area (Å²) in [4.78, 5) is 5.20. The van der Waals surface area contributed by atoms with Crippen molar-refractivity contribution in [1.82, 2.24) is 4.98 Å². The van der Waals surface area contributed by atoms with Gasteiger partial charge in [0.25, 0.3) is 0 Å². The second kappa shape index (κ2) is 3.13. The fraction of sp³-hybridized carbons (Fsp3) is 0.667. The fourth-order valence-electron chi connectivity index (χ4n) is 0.828. The molecule has 68 valence electrons. The van der Waals surface area contributed by atoms with Gasteiger partial charge in [0, 0.05) is 11.1 Å². The van der Waals surface area contributed by atoms with Crippen molar-refractivity contribution in [3.8, 4) is 0 Å². The first-order chi connectivity index (χ1) is 5.41. The zero-order valence-electron chi connectivity index (χ0n) is 7.89. The summed E-state index contributed by atoms with van der Waals surface area (Å²) in [6, 6.07) is 0. The molecule has 0 aromatic carbocycles. The topological polar surface area (TPSA) is 12.9 Å². The molecule has 0 fully saturated rings. The van der Waals surface area contributed by atoms with Crippen LogP contribution < -0.4 is 0 Å². The molecular formula is C9H14FNS. The molecular weight excluding hydrogens is 173 g/mol. The van der Waals surface area contributed by atoms with Gasteiger partial charge < -0.3 is 0 Å². The Morgan fingerprint density at radius 2 is 2.08 bits per heavy atom. The van der Waals surface area contributed by atoms with Crippen LogP contribution in [0.2, 0.25) is 0 Å². The molecule has 3 heteroatoms. The lowest BCUT2D eigenvalue weighted by Crippen LogP contribution is -2.07. The number of alkyl halides is 1. The lowest BCUT2D eigenvalue weighted by atomic mass is 10.2. The Bertz CT molecular complexity index is 260. The summed E-state index contributed by atoms with van der Waals surface area (Å²) < 4.78 is 13.3. The van der Waals surface area contributed by atoms with E-state index in [0.717, 1.165) is 4.88 Å². The van der Waals surface area contributed by atoms with Crippen LogP contribution in [0.1, 0.15) is 43.5 Å². The molecule has 0 aliphatic heterocycles. The van der Waals surface area contributed by atoms with Gasteiger partial charge in [-0.1, -0.05) is 13.8 Å². The first-order valence-corrected chi connectivity index (χ1v) is 4.88. The molecule has 0 aliphatic carbocycles. The van der Waals surface area contributed by atoms with Crippen molar-refractivity contribution >= 4 is 11.3 Å². The van der Waals surface area contributed by atoms with Gasteiger partial charge in [-0.05, 0) is 19.8 Å². The highest BCUT2D eigenvalue weighted by atomic mass is 32.1. The second-order valence-electron chi connectivity index (χ2n) is 3.69. The van der Waals surface area contributed by atoms with E-state index in [2.05, 4.69) is 18.8 Å². The summed E-state index contributed by atoms with van der Waals surface area (Å²) in [6.45, 7) is 7.25. The minimum absolute atomic E-state index is 0.443. The van der Waals surface area contributed by atoms with Crippen molar-refractivity contribution in [1.29, 1.82) is 0 Å². The molecule has 1 heterocycles. The SMILES string of the molecule is CC(C)c1cnc(C(C)(C)F)s1. The Morgan fingerprint density at radius 1 is 1.50 bits per heavy atom. The van der Waals surface area contributed by atoms with E-state index in [9.17, 15) is 4.39 Å². The highest BCUT2D eigenvalue weighted by Crippen LogP contribution is 2.31. The molecule has 1 aromatic rings. The van der Waals surface area contributed by atoms with Crippen molar-refractivity contribution in [3.05, 3.63) is 16.1 Å². The maximum Gasteiger partial charge on any atom is 0.156 e. The van der Waals surface area contributed by atoms with Crippen molar-refractivity contribution < 1.29 is 4.39 Å². The zero-order chi connectivity index (χ0) is 9.35. The summed E-state index contributed by atoms with van der Waals surface area (Å²) in [6.07, 6.45) is 1.77. The van der Waals surface area contributed by atoms with Crippen LogP contribution in [0.5, 0.6) is 0 Å². The molecule has 0 saturated carbocycles. The first-order valence-electron chi connectivity index (χ1n) is 4.06. The largest absolute Gasteiger partial charge is 0.246 e. The maximum atomic E-state index is 13.3. The standard InChI is InChI=1S/C9H14FNS/c1-6(2)7-5-11-8(12-7)9(3,4)10/h5-6H,1-4H3. The molecule has 1 aromatic heterocycles. The van der Waals surface area contributed by atoms with E-state index in [-0.39, 0.29) is 0 Å². The van der Waals surface area contributed by atoms with Crippen molar-refractivity contribution in [2.75, 3.05) is 0 Å². The summed E-state index contributed by atoms with van der Waals surface area (Å²) in [5, 5.41) is 0.575. The minimum atomic E-state index is -1.29. The van der Waals surface area contributed by atoms with Gasteiger partial charge in [-0.3, -0.25) is 0 Å². The number of aromatic nitrogens is 1. The Labute approximate surface area is 76.6 Å². The average Bonchev–Trinajstić information content (AvgIpc) is 2.30. The van der Waals surface area contributed by atoms with E-state index in [1.807, 2.05) is 0 Å². The van der Waals surface area contributed by atoms with Crippen LogP contribution in [0.25, 0.3) is 0 Å². The highest BCUT2D eigenvalue weighted by Gasteiger charge is 2.23. The molecule has 1 nitrogen and oxygen atoms in total. The number of rotatable bonds is 2. The zero-order valence-corrected chi connectivity index (χ0v) is 8.70. The molecule has 0 aliphatic rings. The highest BCUT2D eigenvalue weighted by molar-refractivity contribution is 7.11. The average molecular weight is 187 g/mol. The maximum absolute atomic E-state index is 13.3. The van der Waals surface area contributed by atoms with Crippen LogP contribution in [0, 0.1) is 0 Å². The van der Waals surface area contributed by atoms with E-state index in [4.69, 9.17) is 0 Å². The third-order valence-corrected chi connectivity index (χ3v) is 3.20. The number of nitrogens with zero attached hydrogens (tertiary/aromatic N) is 1. The molecule has 0 bridgehead atoms. The third kappa shape index (κ3) is 2.03. The Kier molecular flexibility index (Phi) is 2.52. The van der Waals surface area contributed by atoms with Crippen molar-refractivity contribution in [3.63, 3.8) is 0 Å². The van der Waals surface area contributed by atoms with E-state index >= 15 is 0 Å². The van der Waals surface area contributed by atoms with Crippen LogP contribution in [0.15, 0.2) is 6.20 Å². The van der Waals surface area contributed by atoms with Gasteiger partial charge in [-0.2, -0.15) is 0 Å². The summed E-state index contributed by atoms with van der Waals surface area (Å²) >= 11 is 1.46. The van der Waals surface area contributed by atoms with E-state index < -0.39 is 5.67 Å². The Morgan fingerprint density at radius 3 is 2.33 bits per heavy atom. The number of hydrogen-bond donors (Lipinski definition) is 0. The van der Waals surface area contributed by atoms with Crippen LogP contribution in [0.4, 0.5) is 4.39 Å². The van der Waals surface area contributed by atoms with Crippen molar-refractivity contribution in [2.45, 2.75) is 39.3 Å². The molecule has 12 heavy (non-hydrogen) atoms. The van der Waals surface area contributed by atoms with Crippen LogP contribution in [-0.4, -0.2) is 4.98 Å². The van der Waals surface area contributed by atoms with Gasteiger partial charge in [0.05, 0.1) is 0 Å². The van der Waals surface area contributed by atoms with Gasteiger partial charge in [-0.15, -0.1) is 11.3 Å². The smallest absolute Gasteiger partial charge is 0.156 e. The van der Waals surface area contributed by atoms with Gasteiger partial charge in [0.1, 0.15) is 5.01 Å². The predicted molar refractivity (Wildman–Crippen MR) is 50.3 cm³/mol. The third-order valence-electron chi connectivity index (χ3n) is 1.60. The summed E-state index contributed by atoms with van der Waals surface area (Å²) in [5.41, 5.74) is -1.29. The normalized spacial score (nSPS) is 12.5. The van der Waals surface area contributed by atoms with Crippen molar-refractivity contribution in [2.24, 2.45) is 0 Å². The molecule has 0 spiro atoms. The molecule has 0 amide bonds. The molecule has 0 unspecified atom stereocenters. The summed E-state index contributed by atoms with van der Waals surface area (Å²) in [7, 11) is 0. The Hall–Kier alpha value is -0.440. The summed E-state index contributed by atoms with van der Waals surface area (Å²) in [5.74, 6) is 0.443. The molecule has 0 radical (unpaired) electrons. The molecule has 0 atom stereocenters. The number of thiazole rings is 1. The van der Waals surface area contributed by atoms with Gasteiger partial charge >= 0.3 is 0 Å². The van der Waals surface area contributed by atoms with Crippen LogP contribution in [-0.2, 0) is 5.67 Å². The second-order valence-corrected chi connectivity index (χ2v) is 4.76. The number of halogens is 1. The minimum Gasteiger partial charge on any atom is -0.246 e. The molecule has 0 N–H and O–H groups in total. The quantitative estimate of drug-likeness (QED) is 0.690. The fourth-order valence-corrected chi connectivity index (χ4v) is 1.74. The Balaban J connectivity index is 2.92. The van der Waals surface area contributed by atoms with E-state index in [1.54, 1.807) is 6.20 Å².